The van der Waals surface area contributed by atoms with Gasteiger partial charge in [0.1, 0.15) is 11.5 Å². The molecule has 1 aromatic rings. The predicted octanol–water partition coefficient (Wildman–Crippen LogP) is 2.17. The first kappa shape index (κ1) is 15.1. The van der Waals surface area contributed by atoms with Gasteiger partial charge in [0.25, 0.3) is 0 Å². The molecule has 1 aliphatic carbocycles. The minimum atomic E-state index is -0.283. The maximum absolute atomic E-state index is 5.84. The van der Waals surface area contributed by atoms with E-state index < -0.39 is 0 Å². The molecule has 112 valence electrons. The van der Waals surface area contributed by atoms with Crippen molar-refractivity contribution in [3.8, 4) is 11.5 Å². The van der Waals surface area contributed by atoms with Gasteiger partial charge in [-0.25, -0.2) is 5.43 Å². The molecule has 0 aliphatic heterocycles. The van der Waals surface area contributed by atoms with Crippen molar-refractivity contribution >= 4 is 0 Å². The topological polar surface area (TPSA) is 65.7 Å². The maximum Gasteiger partial charge on any atom is 0.124 e. The van der Waals surface area contributed by atoms with Crippen molar-refractivity contribution < 1.29 is 14.2 Å². The SMILES string of the molecule is COc1ccc(OC)c(C(NN)C2(OC)CCCC2)c1. The Balaban J connectivity index is 2.44. The summed E-state index contributed by atoms with van der Waals surface area (Å²) in [5.41, 5.74) is 3.60. The van der Waals surface area contributed by atoms with E-state index in [9.17, 15) is 0 Å². The summed E-state index contributed by atoms with van der Waals surface area (Å²) in [6.45, 7) is 0. The number of benzene rings is 1. The van der Waals surface area contributed by atoms with Gasteiger partial charge in [-0.15, -0.1) is 0 Å². The van der Waals surface area contributed by atoms with E-state index in [1.54, 1.807) is 21.3 Å². The van der Waals surface area contributed by atoms with Gasteiger partial charge in [0.2, 0.25) is 0 Å². The fourth-order valence-corrected chi connectivity index (χ4v) is 3.17. The quantitative estimate of drug-likeness (QED) is 0.617. The minimum absolute atomic E-state index is 0.125. The van der Waals surface area contributed by atoms with Gasteiger partial charge in [0.15, 0.2) is 0 Å². The Morgan fingerprint density at radius 2 is 1.85 bits per heavy atom. The molecule has 1 fully saturated rings. The molecule has 0 bridgehead atoms. The van der Waals surface area contributed by atoms with Gasteiger partial charge in [0, 0.05) is 12.7 Å². The maximum atomic E-state index is 5.84. The first-order chi connectivity index (χ1) is 9.70. The summed E-state index contributed by atoms with van der Waals surface area (Å²) >= 11 is 0. The summed E-state index contributed by atoms with van der Waals surface area (Å²) in [7, 11) is 5.06. The van der Waals surface area contributed by atoms with Crippen LogP contribution in [-0.4, -0.2) is 26.9 Å². The Kier molecular flexibility index (Phi) is 4.86. The molecular weight excluding hydrogens is 256 g/mol. The molecule has 1 unspecified atom stereocenters. The van der Waals surface area contributed by atoms with Gasteiger partial charge in [-0.1, -0.05) is 12.8 Å². The lowest BCUT2D eigenvalue weighted by atomic mass is 9.86. The number of methoxy groups -OCH3 is 3. The summed E-state index contributed by atoms with van der Waals surface area (Å²) < 4.78 is 16.6. The molecule has 5 heteroatoms. The van der Waals surface area contributed by atoms with Crippen LogP contribution in [0.4, 0.5) is 0 Å². The third-order valence-electron chi connectivity index (χ3n) is 4.30. The van der Waals surface area contributed by atoms with Crippen LogP contribution >= 0.6 is 0 Å². The zero-order chi connectivity index (χ0) is 14.6. The second-order valence-electron chi connectivity index (χ2n) is 5.18. The van der Waals surface area contributed by atoms with Crippen molar-refractivity contribution in [2.75, 3.05) is 21.3 Å². The molecule has 0 amide bonds. The molecule has 5 nitrogen and oxygen atoms in total. The molecule has 0 heterocycles. The molecule has 3 N–H and O–H groups in total. The number of hydrogen-bond donors (Lipinski definition) is 2. The van der Waals surface area contributed by atoms with E-state index in [-0.39, 0.29) is 11.6 Å². The van der Waals surface area contributed by atoms with Crippen LogP contribution in [0.15, 0.2) is 18.2 Å². The molecule has 0 saturated heterocycles. The molecule has 20 heavy (non-hydrogen) atoms. The highest BCUT2D eigenvalue weighted by molar-refractivity contribution is 5.43. The van der Waals surface area contributed by atoms with Crippen LogP contribution in [0.3, 0.4) is 0 Å². The summed E-state index contributed by atoms with van der Waals surface area (Å²) in [6, 6.07) is 5.61. The number of nitrogens with one attached hydrogen (secondary N) is 1. The van der Waals surface area contributed by atoms with Crippen LogP contribution in [0.25, 0.3) is 0 Å². The van der Waals surface area contributed by atoms with Crippen molar-refractivity contribution in [3.63, 3.8) is 0 Å². The van der Waals surface area contributed by atoms with E-state index in [1.165, 1.54) is 0 Å². The number of hydrazine groups is 1. The van der Waals surface area contributed by atoms with Crippen LogP contribution < -0.4 is 20.7 Å². The Morgan fingerprint density at radius 1 is 1.15 bits per heavy atom. The van der Waals surface area contributed by atoms with Gasteiger partial charge < -0.3 is 14.2 Å². The molecule has 1 aliphatic rings. The second kappa shape index (κ2) is 6.43. The van der Waals surface area contributed by atoms with Gasteiger partial charge in [-0.2, -0.15) is 0 Å². The molecule has 2 rings (SSSR count). The lowest BCUT2D eigenvalue weighted by Crippen LogP contribution is -2.46. The van der Waals surface area contributed by atoms with Crippen molar-refractivity contribution in [1.29, 1.82) is 0 Å². The molecule has 0 spiro atoms. The lowest BCUT2D eigenvalue weighted by Gasteiger charge is -2.36. The number of ether oxygens (including phenoxy) is 3. The van der Waals surface area contributed by atoms with Crippen molar-refractivity contribution in [2.45, 2.75) is 37.3 Å². The largest absolute Gasteiger partial charge is 0.497 e. The fourth-order valence-electron chi connectivity index (χ4n) is 3.17. The van der Waals surface area contributed by atoms with Gasteiger partial charge in [-0.05, 0) is 31.0 Å². The van der Waals surface area contributed by atoms with E-state index >= 15 is 0 Å². The highest BCUT2D eigenvalue weighted by atomic mass is 16.5. The average Bonchev–Trinajstić information content (AvgIpc) is 2.98. The number of rotatable bonds is 6. The summed E-state index contributed by atoms with van der Waals surface area (Å²) in [5, 5.41) is 0. The molecule has 0 aromatic heterocycles. The van der Waals surface area contributed by atoms with E-state index in [0.717, 1.165) is 42.7 Å². The van der Waals surface area contributed by atoms with Gasteiger partial charge >= 0.3 is 0 Å². The first-order valence-corrected chi connectivity index (χ1v) is 6.94. The van der Waals surface area contributed by atoms with Crippen LogP contribution in [0.2, 0.25) is 0 Å². The molecule has 0 radical (unpaired) electrons. The van der Waals surface area contributed by atoms with Crippen LogP contribution in [-0.2, 0) is 4.74 Å². The van der Waals surface area contributed by atoms with Crippen molar-refractivity contribution in [2.24, 2.45) is 5.84 Å². The Bertz CT molecular complexity index is 445. The first-order valence-electron chi connectivity index (χ1n) is 6.94. The van der Waals surface area contributed by atoms with Crippen LogP contribution in [0, 0.1) is 0 Å². The van der Waals surface area contributed by atoms with Crippen molar-refractivity contribution in [1.82, 2.24) is 5.43 Å². The smallest absolute Gasteiger partial charge is 0.124 e. The molecule has 1 atom stereocenters. The van der Waals surface area contributed by atoms with E-state index in [2.05, 4.69) is 5.43 Å². The number of nitrogens with two attached hydrogens (primary N) is 1. The highest BCUT2D eigenvalue weighted by Gasteiger charge is 2.43. The summed E-state index contributed by atoms with van der Waals surface area (Å²) in [5.74, 6) is 7.41. The van der Waals surface area contributed by atoms with Gasteiger partial charge in [-0.3, -0.25) is 5.84 Å². The summed E-state index contributed by atoms with van der Waals surface area (Å²) in [6.07, 6.45) is 4.27. The summed E-state index contributed by atoms with van der Waals surface area (Å²) in [4.78, 5) is 0. The van der Waals surface area contributed by atoms with Crippen LogP contribution in [0.1, 0.15) is 37.3 Å². The molecular formula is C15H24N2O3. The standard InChI is InChI=1S/C15H24N2O3/c1-18-11-6-7-13(19-2)12(10-11)14(17-16)15(20-3)8-4-5-9-15/h6-7,10,14,17H,4-5,8-9,16H2,1-3H3. The zero-order valence-corrected chi connectivity index (χ0v) is 12.4. The molecule has 1 aromatic carbocycles. The minimum Gasteiger partial charge on any atom is -0.497 e. The van der Waals surface area contributed by atoms with E-state index in [1.807, 2.05) is 18.2 Å². The fraction of sp³-hybridized carbons (Fsp3) is 0.600. The third kappa shape index (κ3) is 2.61. The second-order valence-corrected chi connectivity index (χ2v) is 5.18. The third-order valence-corrected chi connectivity index (χ3v) is 4.30. The highest BCUT2D eigenvalue weighted by Crippen LogP contribution is 2.45. The average molecular weight is 280 g/mol. The monoisotopic (exact) mass is 280 g/mol. The normalized spacial score (nSPS) is 18.8. The zero-order valence-electron chi connectivity index (χ0n) is 12.4. The molecule has 1 saturated carbocycles. The Hall–Kier alpha value is -1.30. The van der Waals surface area contributed by atoms with E-state index in [4.69, 9.17) is 20.1 Å². The van der Waals surface area contributed by atoms with Crippen molar-refractivity contribution in [3.05, 3.63) is 23.8 Å². The predicted molar refractivity (Wildman–Crippen MR) is 77.8 cm³/mol. The number of hydrogen-bond acceptors (Lipinski definition) is 5. The van der Waals surface area contributed by atoms with Gasteiger partial charge in [0.05, 0.1) is 25.9 Å². The Labute approximate surface area is 120 Å². The van der Waals surface area contributed by atoms with E-state index in [0.29, 0.717) is 0 Å². The lowest BCUT2D eigenvalue weighted by molar-refractivity contribution is -0.0374. The Morgan fingerprint density at radius 3 is 2.35 bits per heavy atom. The van der Waals surface area contributed by atoms with Crippen LogP contribution in [0.5, 0.6) is 11.5 Å².